The van der Waals surface area contributed by atoms with Crippen molar-refractivity contribution in [3.05, 3.63) is 88.1 Å². The van der Waals surface area contributed by atoms with Gasteiger partial charge in [0.15, 0.2) is 16.9 Å². The first kappa shape index (κ1) is 22.3. The maximum absolute atomic E-state index is 13.2. The van der Waals surface area contributed by atoms with E-state index < -0.39 is 11.5 Å². The van der Waals surface area contributed by atoms with Gasteiger partial charge < -0.3 is 14.3 Å². The average molecular weight is 487 g/mol. The SMILES string of the molecule is Cc1cc(-c2nc3c(=O)c(OC(=O)Nc4cccn4C)c[nH]c3nc2-c2ccccc2)cc(Cl)n1. The second kappa shape index (κ2) is 9.03. The number of nitrogens with one attached hydrogen (secondary N) is 2. The number of anilines is 1. The van der Waals surface area contributed by atoms with Gasteiger partial charge in [0, 0.05) is 30.1 Å². The van der Waals surface area contributed by atoms with E-state index in [1.54, 1.807) is 36.0 Å². The molecule has 0 radical (unpaired) electrons. The Hall–Kier alpha value is -4.50. The Morgan fingerprint density at radius 1 is 1.03 bits per heavy atom. The van der Waals surface area contributed by atoms with Crippen molar-refractivity contribution in [3.63, 3.8) is 0 Å². The van der Waals surface area contributed by atoms with Gasteiger partial charge in [-0.05, 0) is 31.2 Å². The van der Waals surface area contributed by atoms with Crippen LogP contribution in [0.3, 0.4) is 0 Å². The zero-order valence-corrected chi connectivity index (χ0v) is 19.5. The van der Waals surface area contributed by atoms with Gasteiger partial charge in [0.05, 0.1) is 17.6 Å². The molecule has 0 saturated heterocycles. The average Bonchev–Trinajstić information content (AvgIpc) is 3.24. The van der Waals surface area contributed by atoms with Crippen molar-refractivity contribution < 1.29 is 9.53 Å². The first-order valence-corrected chi connectivity index (χ1v) is 11.0. The van der Waals surface area contributed by atoms with Gasteiger partial charge in [-0.15, -0.1) is 0 Å². The maximum atomic E-state index is 13.2. The number of pyridine rings is 2. The van der Waals surface area contributed by atoms with Gasteiger partial charge in [0.25, 0.3) is 5.43 Å². The predicted molar refractivity (Wildman–Crippen MR) is 134 cm³/mol. The highest BCUT2D eigenvalue weighted by Crippen LogP contribution is 2.31. The van der Waals surface area contributed by atoms with Crippen molar-refractivity contribution in [1.29, 1.82) is 0 Å². The molecule has 9 nitrogen and oxygen atoms in total. The van der Waals surface area contributed by atoms with Crippen molar-refractivity contribution in [2.45, 2.75) is 6.92 Å². The summed E-state index contributed by atoms with van der Waals surface area (Å²) in [5, 5.41) is 2.88. The van der Waals surface area contributed by atoms with Crippen LogP contribution >= 0.6 is 11.6 Å². The lowest BCUT2D eigenvalue weighted by molar-refractivity contribution is 0.214. The van der Waals surface area contributed by atoms with Gasteiger partial charge in [-0.25, -0.2) is 19.7 Å². The molecule has 5 aromatic rings. The van der Waals surface area contributed by atoms with Crippen molar-refractivity contribution in [3.8, 4) is 28.3 Å². The first-order chi connectivity index (χ1) is 16.9. The molecule has 0 aliphatic rings. The van der Waals surface area contributed by atoms with Crippen LogP contribution in [0.15, 0.2) is 71.8 Å². The van der Waals surface area contributed by atoms with E-state index in [2.05, 4.69) is 20.3 Å². The summed E-state index contributed by atoms with van der Waals surface area (Å²) in [6.45, 7) is 1.82. The molecule has 10 heteroatoms. The Labute approximate surface area is 204 Å². The Kier molecular flexibility index (Phi) is 5.76. The summed E-state index contributed by atoms with van der Waals surface area (Å²) in [5.74, 6) is 0.313. The van der Waals surface area contributed by atoms with Crippen molar-refractivity contribution in [1.82, 2.24) is 24.5 Å². The number of aromatic nitrogens is 5. The molecule has 5 rings (SSSR count). The lowest BCUT2D eigenvalue weighted by Gasteiger charge is -2.12. The molecule has 174 valence electrons. The van der Waals surface area contributed by atoms with Gasteiger partial charge >= 0.3 is 6.09 Å². The Balaban J connectivity index is 1.62. The van der Waals surface area contributed by atoms with Crippen LogP contribution in [0.4, 0.5) is 10.6 Å². The highest BCUT2D eigenvalue weighted by atomic mass is 35.5. The van der Waals surface area contributed by atoms with E-state index in [-0.39, 0.29) is 16.9 Å². The van der Waals surface area contributed by atoms with Crippen LogP contribution in [0, 0.1) is 6.92 Å². The summed E-state index contributed by atoms with van der Waals surface area (Å²) >= 11 is 6.21. The standard InChI is InChI=1S/C25H19ClN6O3/c1-14-11-16(12-18(26)28-14)21-20(15-7-4-3-5-8-15)31-24-22(30-21)23(33)17(13-27-24)35-25(34)29-19-9-6-10-32(19)2/h3-13H,1-2H3,(H,29,34)(H,27,31,33). The van der Waals surface area contributed by atoms with Crippen LogP contribution < -0.4 is 15.5 Å². The third-order valence-electron chi connectivity index (χ3n) is 5.29. The monoisotopic (exact) mass is 486 g/mol. The van der Waals surface area contributed by atoms with E-state index >= 15 is 0 Å². The minimum absolute atomic E-state index is 0.0226. The fraction of sp³-hybridized carbons (Fsp3) is 0.0800. The molecule has 0 aliphatic heterocycles. The number of carbonyl (C=O) groups excluding carboxylic acids is 1. The van der Waals surface area contributed by atoms with E-state index in [1.165, 1.54) is 6.20 Å². The third-order valence-corrected chi connectivity index (χ3v) is 5.49. The molecule has 2 N–H and O–H groups in total. The molecule has 0 unspecified atom stereocenters. The van der Waals surface area contributed by atoms with Crippen LogP contribution in [0.1, 0.15) is 5.69 Å². The number of aromatic amines is 1. The van der Waals surface area contributed by atoms with E-state index in [9.17, 15) is 9.59 Å². The molecule has 0 saturated carbocycles. The number of halogens is 1. The molecule has 0 spiro atoms. The number of carbonyl (C=O) groups is 1. The quantitative estimate of drug-likeness (QED) is 0.347. The second-order valence-corrected chi connectivity index (χ2v) is 8.19. The highest BCUT2D eigenvalue weighted by molar-refractivity contribution is 6.29. The molecule has 0 fully saturated rings. The van der Waals surface area contributed by atoms with Crippen LogP contribution in [0.25, 0.3) is 33.7 Å². The van der Waals surface area contributed by atoms with Gasteiger partial charge in [-0.1, -0.05) is 41.9 Å². The number of H-pyrrole nitrogens is 1. The minimum atomic E-state index is -0.803. The fourth-order valence-corrected chi connectivity index (χ4v) is 3.92. The number of rotatable bonds is 4. The Bertz CT molecular complexity index is 1610. The van der Waals surface area contributed by atoms with Crippen LogP contribution in [0.5, 0.6) is 5.75 Å². The summed E-state index contributed by atoms with van der Waals surface area (Å²) in [5.41, 5.74) is 2.87. The van der Waals surface area contributed by atoms with E-state index in [0.29, 0.717) is 33.6 Å². The molecule has 0 atom stereocenters. The minimum Gasteiger partial charge on any atom is -0.404 e. The van der Waals surface area contributed by atoms with Gasteiger partial charge in [0.2, 0.25) is 0 Å². The highest BCUT2D eigenvalue weighted by Gasteiger charge is 2.19. The molecular formula is C25H19ClN6O3. The smallest absolute Gasteiger partial charge is 0.404 e. The van der Waals surface area contributed by atoms with E-state index in [4.69, 9.17) is 21.3 Å². The predicted octanol–water partition coefficient (Wildman–Crippen LogP) is 4.96. The number of nitrogens with zero attached hydrogens (tertiary/aromatic N) is 4. The summed E-state index contributed by atoms with van der Waals surface area (Å²) < 4.78 is 6.98. The lowest BCUT2D eigenvalue weighted by Crippen LogP contribution is -2.22. The Morgan fingerprint density at radius 2 is 1.80 bits per heavy atom. The van der Waals surface area contributed by atoms with Crippen molar-refractivity contribution in [2.75, 3.05) is 5.32 Å². The van der Waals surface area contributed by atoms with Gasteiger partial charge in [-0.2, -0.15) is 0 Å². The third kappa shape index (κ3) is 4.49. The number of hydrogen-bond acceptors (Lipinski definition) is 6. The number of fused-ring (bicyclic) bond motifs is 1. The topological polar surface area (TPSA) is 115 Å². The number of benzene rings is 1. The molecule has 4 aromatic heterocycles. The molecule has 0 bridgehead atoms. The van der Waals surface area contributed by atoms with Gasteiger partial charge in [-0.3, -0.25) is 10.1 Å². The van der Waals surface area contributed by atoms with Crippen LogP contribution in [-0.4, -0.2) is 30.6 Å². The number of ether oxygens (including phenoxy) is 1. The Morgan fingerprint density at radius 3 is 2.51 bits per heavy atom. The molecule has 35 heavy (non-hydrogen) atoms. The number of aryl methyl sites for hydroxylation is 2. The molecule has 0 aliphatic carbocycles. The van der Waals surface area contributed by atoms with E-state index in [1.807, 2.05) is 43.3 Å². The summed E-state index contributed by atoms with van der Waals surface area (Å²) in [7, 11) is 1.77. The van der Waals surface area contributed by atoms with Crippen LogP contribution in [-0.2, 0) is 7.05 Å². The second-order valence-electron chi connectivity index (χ2n) is 7.80. The first-order valence-electron chi connectivity index (χ1n) is 10.6. The number of hydrogen-bond donors (Lipinski definition) is 2. The lowest BCUT2D eigenvalue weighted by atomic mass is 10.0. The normalized spacial score (nSPS) is 10.9. The summed E-state index contributed by atoms with van der Waals surface area (Å²) in [6, 6.07) is 16.4. The largest absolute Gasteiger partial charge is 0.418 e. The molecular weight excluding hydrogens is 468 g/mol. The van der Waals surface area contributed by atoms with Crippen molar-refractivity contribution >= 4 is 34.7 Å². The zero-order chi connectivity index (χ0) is 24.5. The number of amides is 1. The van der Waals surface area contributed by atoms with Crippen molar-refractivity contribution in [2.24, 2.45) is 7.05 Å². The molecule has 1 amide bonds. The maximum Gasteiger partial charge on any atom is 0.418 e. The van der Waals surface area contributed by atoms with Crippen LogP contribution in [0.2, 0.25) is 5.15 Å². The van der Waals surface area contributed by atoms with E-state index in [0.717, 1.165) is 5.56 Å². The van der Waals surface area contributed by atoms with Gasteiger partial charge in [0.1, 0.15) is 11.0 Å². The fourth-order valence-electron chi connectivity index (χ4n) is 3.67. The molecule has 1 aromatic carbocycles. The summed E-state index contributed by atoms with van der Waals surface area (Å²) in [4.78, 5) is 42.1. The molecule has 4 heterocycles. The summed E-state index contributed by atoms with van der Waals surface area (Å²) in [6.07, 6.45) is 2.26. The zero-order valence-electron chi connectivity index (χ0n) is 18.7.